The van der Waals surface area contributed by atoms with Gasteiger partial charge in [0.25, 0.3) is 0 Å². The molecular formula is C11H9IS2. The Morgan fingerprint density at radius 1 is 1.43 bits per heavy atom. The molecule has 2 heterocycles. The van der Waals surface area contributed by atoms with Crippen LogP contribution in [0.4, 0.5) is 0 Å². The maximum atomic E-state index is 2.41. The topological polar surface area (TPSA) is 0 Å². The molecule has 0 amide bonds. The Hall–Kier alpha value is 0.260. The largest absolute Gasteiger partial charge is 0.128 e. The summed E-state index contributed by atoms with van der Waals surface area (Å²) < 4.78 is 2.90. The number of benzene rings is 1. The Morgan fingerprint density at radius 3 is 3.14 bits per heavy atom. The Bertz CT molecular complexity index is 501. The van der Waals surface area contributed by atoms with E-state index in [2.05, 4.69) is 47.7 Å². The minimum Gasteiger partial charge on any atom is -0.128 e. The van der Waals surface area contributed by atoms with E-state index in [0.717, 1.165) is 5.25 Å². The molecule has 1 unspecified atom stereocenters. The monoisotopic (exact) mass is 332 g/mol. The highest BCUT2D eigenvalue weighted by molar-refractivity contribution is 14.1. The zero-order chi connectivity index (χ0) is 9.71. The molecule has 0 aliphatic carbocycles. The normalized spacial score (nSPS) is 20.3. The van der Waals surface area contributed by atoms with Crippen LogP contribution in [0.3, 0.4) is 0 Å². The summed E-state index contributed by atoms with van der Waals surface area (Å²) >= 11 is 6.38. The maximum absolute atomic E-state index is 2.41. The Morgan fingerprint density at radius 2 is 2.29 bits per heavy atom. The number of fused-ring (bicyclic) bond motifs is 3. The average molecular weight is 332 g/mol. The van der Waals surface area contributed by atoms with Crippen molar-refractivity contribution in [2.24, 2.45) is 0 Å². The molecule has 0 spiro atoms. The van der Waals surface area contributed by atoms with Crippen molar-refractivity contribution in [2.45, 2.75) is 23.5 Å². The van der Waals surface area contributed by atoms with Gasteiger partial charge in [0.05, 0.1) is 2.88 Å². The Labute approximate surface area is 105 Å². The van der Waals surface area contributed by atoms with Gasteiger partial charge in [0, 0.05) is 14.8 Å². The number of rotatable bonds is 0. The van der Waals surface area contributed by atoms with Crippen LogP contribution < -0.4 is 0 Å². The second-order valence-corrected chi connectivity index (χ2v) is 8.05. The van der Waals surface area contributed by atoms with Crippen LogP contribution in [0.2, 0.25) is 0 Å². The fourth-order valence-electron chi connectivity index (χ4n) is 1.93. The lowest BCUT2D eigenvalue weighted by atomic mass is 10.1. The van der Waals surface area contributed by atoms with E-state index in [-0.39, 0.29) is 0 Å². The molecule has 0 nitrogen and oxygen atoms in total. The molecule has 0 bridgehead atoms. The van der Waals surface area contributed by atoms with E-state index in [9.17, 15) is 0 Å². The minimum atomic E-state index is 0.760. The van der Waals surface area contributed by atoms with Gasteiger partial charge >= 0.3 is 0 Å². The number of halogens is 1. The summed E-state index contributed by atoms with van der Waals surface area (Å²) in [6.07, 6.45) is 1.24. The van der Waals surface area contributed by atoms with Gasteiger partial charge in [-0.1, -0.05) is 19.1 Å². The summed E-state index contributed by atoms with van der Waals surface area (Å²) in [6.45, 7) is 2.31. The van der Waals surface area contributed by atoms with E-state index in [1.54, 1.807) is 10.5 Å². The number of hydrogen-bond acceptors (Lipinski definition) is 2. The van der Waals surface area contributed by atoms with Gasteiger partial charge in [-0.25, -0.2) is 0 Å². The van der Waals surface area contributed by atoms with Gasteiger partial charge in [0.2, 0.25) is 0 Å². The number of hydrogen-bond donors (Lipinski definition) is 0. The fraction of sp³-hybridized carbons (Fsp3) is 0.273. The van der Waals surface area contributed by atoms with Crippen LogP contribution in [0, 0.1) is 2.88 Å². The first-order chi connectivity index (χ1) is 6.74. The van der Waals surface area contributed by atoms with Crippen molar-refractivity contribution >= 4 is 55.8 Å². The summed E-state index contributed by atoms with van der Waals surface area (Å²) in [4.78, 5) is 1.54. The van der Waals surface area contributed by atoms with Crippen LogP contribution in [0.1, 0.15) is 12.5 Å². The van der Waals surface area contributed by atoms with Gasteiger partial charge in [-0.3, -0.25) is 0 Å². The first kappa shape index (κ1) is 9.48. The Balaban J connectivity index is 2.32. The molecule has 1 aromatic heterocycles. The molecule has 1 aliphatic rings. The van der Waals surface area contributed by atoms with Gasteiger partial charge in [0.1, 0.15) is 0 Å². The molecule has 72 valence electrons. The van der Waals surface area contributed by atoms with Crippen molar-refractivity contribution < 1.29 is 0 Å². The van der Waals surface area contributed by atoms with Crippen LogP contribution in [-0.4, -0.2) is 5.25 Å². The van der Waals surface area contributed by atoms with E-state index in [1.807, 2.05) is 23.1 Å². The van der Waals surface area contributed by atoms with E-state index in [0.29, 0.717) is 0 Å². The summed E-state index contributed by atoms with van der Waals surface area (Å²) in [5.74, 6) is 0. The third kappa shape index (κ3) is 1.41. The summed E-state index contributed by atoms with van der Waals surface area (Å²) in [6, 6.07) is 6.85. The van der Waals surface area contributed by atoms with Crippen molar-refractivity contribution in [2.75, 3.05) is 0 Å². The number of thiophene rings is 1. The van der Waals surface area contributed by atoms with Crippen LogP contribution >= 0.6 is 45.7 Å². The summed E-state index contributed by atoms with van der Waals surface area (Å²) in [7, 11) is 0. The van der Waals surface area contributed by atoms with Gasteiger partial charge in [0.15, 0.2) is 0 Å². The lowest BCUT2D eigenvalue weighted by Gasteiger charge is -1.98. The van der Waals surface area contributed by atoms with Crippen LogP contribution in [0.15, 0.2) is 23.1 Å². The molecule has 1 aromatic carbocycles. The van der Waals surface area contributed by atoms with E-state index < -0.39 is 0 Å². The minimum absolute atomic E-state index is 0.760. The third-order valence-corrected chi connectivity index (χ3v) is 5.85. The molecule has 0 fully saturated rings. The van der Waals surface area contributed by atoms with Crippen molar-refractivity contribution in [3.05, 3.63) is 26.6 Å². The standard InChI is InChI=1S/C11H9IS2/c1-6-4-7-2-3-8-5-9(12)14-11(8)10(7)13-6/h2-3,5-6H,4H2,1H3. The predicted octanol–water partition coefficient (Wildman–Crippen LogP) is 4.54. The van der Waals surface area contributed by atoms with Crippen molar-refractivity contribution in [1.29, 1.82) is 0 Å². The van der Waals surface area contributed by atoms with E-state index in [1.165, 1.54) is 19.4 Å². The highest BCUT2D eigenvalue weighted by atomic mass is 127. The third-order valence-electron chi connectivity index (χ3n) is 2.52. The van der Waals surface area contributed by atoms with Gasteiger partial charge in [-0.2, -0.15) is 0 Å². The maximum Gasteiger partial charge on any atom is 0.0666 e. The smallest absolute Gasteiger partial charge is 0.0666 e. The van der Waals surface area contributed by atoms with Crippen molar-refractivity contribution in [3.8, 4) is 0 Å². The first-order valence-corrected chi connectivity index (χ1v) is 7.39. The van der Waals surface area contributed by atoms with Gasteiger partial charge in [-0.05, 0) is 46.0 Å². The molecule has 3 heteroatoms. The predicted molar refractivity (Wildman–Crippen MR) is 73.6 cm³/mol. The Kier molecular flexibility index (Phi) is 2.29. The lowest BCUT2D eigenvalue weighted by molar-refractivity contribution is 0.963. The zero-order valence-corrected chi connectivity index (χ0v) is 11.5. The second-order valence-electron chi connectivity index (χ2n) is 3.66. The summed E-state index contributed by atoms with van der Waals surface area (Å²) in [5, 5.41) is 2.18. The molecular weight excluding hydrogens is 323 g/mol. The molecule has 1 aliphatic heterocycles. The molecule has 0 saturated heterocycles. The second kappa shape index (κ2) is 3.39. The average Bonchev–Trinajstić information content (AvgIpc) is 2.65. The molecule has 0 radical (unpaired) electrons. The quantitative estimate of drug-likeness (QED) is 0.638. The fourth-order valence-corrected chi connectivity index (χ4v) is 5.24. The lowest BCUT2D eigenvalue weighted by Crippen LogP contribution is -1.90. The SMILES string of the molecule is CC1Cc2ccc3cc(I)sc3c2S1. The van der Waals surface area contributed by atoms with Crippen molar-refractivity contribution in [1.82, 2.24) is 0 Å². The molecule has 0 saturated carbocycles. The highest BCUT2D eigenvalue weighted by Gasteiger charge is 2.21. The van der Waals surface area contributed by atoms with Crippen LogP contribution in [0.5, 0.6) is 0 Å². The molecule has 2 aromatic rings. The van der Waals surface area contributed by atoms with Crippen molar-refractivity contribution in [3.63, 3.8) is 0 Å². The van der Waals surface area contributed by atoms with Crippen LogP contribution in [0.25, 0.3) is 10.1 Å². The number of thioether (sulfide) groups is 1. The first-order valence-electron chi connectivity index (χ1n) is 4.61. The highest BCUT2D eigenvalue weighted by Crippen LogP contribution is 2.44. The van der Waals surface area contributed by atoms with E-state index in [4.69, 9.17) is 0 Å². The summed E-state index contributed by atoms with van der Waals surface area (Å²) in [5.41, 5.74) is 1.55. The molecule has 0 N–H and O–H groups in total. The molecule has 14 heavy (non-hydrogen) atoms. The molecule has 1 atom stereocenters. The van der Waals surface area contributed by atoms with E-state index >= 15 is 0 Å². The van der Waals surface area contributed by atoms with Gasteiger partial charge < -0.3 is 0 Å². The zero-order valence-electron chi connectivity index (χ0n) is 7.71. The molecule has 3 rings (SSSR count). The van der Waals surface area contributed by atoms with Crippen LogP contribution in [-0.2, 0) is 6.42 Å². The van der Waals surface area contributed by atoms with Gasteiger partial charge in [-0.15, -0.1) is 23.1 Å².